The van der Waals surface area contributed by atoms with Crippen LogP contribution in [0.25, 0.3) is 21.8 Å². The Kier molecular flexibility index (Phi) is 4.94. The summed E-state index contributed by atoms with van der Waals surface area (Å²) < 4.78 is 0. The Hall–Kier alpha value is -3.05. The number of nitrogens with zero attached hydrogens (tertiary/aromatic N) is 3. The third kappa shape index (κ3) is 4.20. The van der Waals surface area contributed by atoms with Crippen LogP contribution in [-0.4, -0.2) is 15.0 Å². The van der Waals surface area contributed by atoms with E-state index < -0.39 is 0 Å². The highest BCUT2D eigenvalue weighted by molar-refractivity contribution is 7.13. The molecule has 0 amide bonds. The fourth-order valence-corrected chi connectivity index (χ4v) is 3.61. The van der Waals surface area contributed by atoms with Crippen molar-refractivity contribution in [2.24, 2.45) is 0 Å². The zero-order chi connectivity index (χ0) is 18.6. The number of hydrogen-bond donors (Lipinski definition) is 1. The molecule has 0 saturated carbocycles. The lowest BCUT2D eigenvalue weighted by molar-refractivity contribution is 1.05. The molecule has 134 valence electrons. The van der Waals surface area contributed by atoms with Crippen LogP contribution in [0.15, 0.2) is 66.3 Å². The molecule has 0 spiro atoms. The molecule has 1 N–H and O–H groups in total. The van der Waals surface area contributed by atoms with Gasteiger partial charge in [0.05, 0.1) is 5.69 Å². The van der Waals surface area contributed by atoms with E-state index in [9.17, 15) is 0 Å². The minimum Gasteiger partial charge on any atom is -0.366 e. The maximum atomic E-state index is 4.80. The molecule has 0 saturated heterocycles. The van der Waals surface area contributed by atoms with Crippen molar-refractivity contribution in [3.63, 3.8) is 0 Å². The molecule has 0 aliphatic heterocycles. The summed E-state index contributed by atoms with van der Waals surface area (Å²) >= 11 is 1.68. The maximum Gasteiger partial charge on any atom is 0.129 e. The minimum atomic E-state index is 0.725. The lowest BCUT2D eigenvalue weighted by Crippen LogP contribution is -2.02. The van der Waals surface area contributed by atoms with Gasteiger partial charge in [-0.05, 0) is 19.4 Å². The van der Waals surface area contributed by atoms with E-state index in [2.05, 4.69) is 76.1 Å². The molecule has 0 aliphatic carbocycles. The van der Waals surface area contributed by atoms with Gasteiger partial charge in [-0.1, -0.05) is 54.1 Å². The highest BCUT2D eigenvalue weighted by Gasteiger charge is 2.07. The zero-order valence-corrected chi connectivity index (χ0v) is 16.1. The number of thiazole rings is 1. The molecule has 2 heterocycles. The van der Waals surface area contributed by atoms with Gasteiger partial charge in [0.1, 0.15) is 17.2 Å². The second-order valence-electron chi connectivity index (χ2n) is 6.50. The number of nitrogens with one attached hydrogen (secondary N) is 1. The van der Waals surface area contributed by atoms with E-state index >= 15 is 0 Å². The highest BCUT2D eigenvalue weighted by Crippen LogP contribution is 2.29. The average molecular weight is 372 g/mol. The van der Waals surface area contributed by atoms with Crippen LogP contribution in [0.5, 0.6) is 0 Å². The van der Waals surface area contributed by atoms with Gasteiger partial charge in [0.25, 0.3) is 0 Å². The molecule has 0 fully saturated rings. The van der Waals surface area contributed by atoms with Gasteiger partial charge in [0.2, 0.25) is 0 Å². The molecule has 4 nitrogen and oxygen atoms in total. The van der Waals surface area contributed by atoms with Crippen LogP contribution >= 0.6 is 11.3 Å². The molecular weight excluding hydrogens is 352 g/mol. The predicted molar refractivity (Wildman–Crippen MR) is 112 cm³/mol. The van der Waals surface area contributed by atoms with Crippen molar-refractivity contribution in [3.8, 4) is 21.8 Å². The van der Waals surface area contributed by atoms with E-state index in [-0.39, 0.29) is 0 Å². The molecule has 4 rings (SSSR count). The first-order chi connectivity index (χ1) is 13.2. The normalized spacial score (nSPS) is 10.7. The number of rotatable bonds is 5. The Morgan fingerprint density at radius 2 is 1.63 bits per heavy atom. The molecule has 0 radical (unpaired) electrons. The SMILES string of the molecule is Cc1ccc(-c2csc(-c3ccc(CNc4cc(C)ncn4)cc3)n2)cc1. The average Bonchev–Trinajstić information content (AvgIpc) is 3.18. The molecule has 4 aromatic rings. The molecule has 0 bridgehead atoms. The molecular formula is C22H20N4S. The number of aromatic nitrogens is 3. The zero-order valence-electron chi connectivity index (χ0n) is 15.3. The van der Waals surface area contributed by atoms with Crippen molar-refractivity contribution >= 4 is 17.2 Å². The van der Waals surface area contributed by atoms with Crippen molar-refractivity contribution in [1.82, 2.24) is 15.0 Å². The summed E-state index contributed by atoms with van der Waals surface area (Å²) in [6, 6.07) is 18.9. The van der Waals surface area contributed by atoms with Crippen LogP contribution in [0.3, 0.4) is 0 Å². The van der Waals surface area contributed by atoms with Gasteiger partial charge in [0, 0.05) is 34.8 Å². The summed E-state index contributed by atoms with van der Waals surface area (Å²) in [5.41, 5.74) is 6.74. The second kappa shape index (κ2) is 7.68. The van der Waals surface area contributed by atoms with E-state index in [0.29, 0.717) is 0 Å². The molecule has 5 heteroatoms. The first-order valence-corrected chi connectivity index (χ1v) is 9.70. The van der Waals surface area contributed by atoms with Gasteiger partial charge >= 0.3 is 0 Å². The van der Waals surface area contributed by atoms with Crippen molar-refractivity contribution in [1.29, 1.82) is 0 Å². The summed E-state index contributed by atoms with van der Waals surface area (Å²) in [6.45, 7) is 4.78. The third-order valence-corrected chi connectivity index (χ3v) is 5.22. The van der Waals surface area contributed by atoms with Gasteiger partial charge in [0.15, 0.2) is 0 Å². The molecule has 0 aliphatic rings. The van der Waals surface area contributed by atoms with Gasteiger partial charge in [-0.15, -0.1) is 11.3 Å². The Bertz CT molecular complexity index is 1040. The van der Waals surface area contributed by atoms with Crippen LogP contribution in [0.2, 0.25) is 0 Å². The lowest BCUT2D eigenvalue weighted by atomic mass is 10.1. The quantitative estimate of drug-likeness (QED) is 0.503. The van der Waals surface area contributed by atoms with Gasteiger partial charge < -0.3 is 5.32 Å². The fourth-order valence-electron chi connectivity index (χ4n) is 2.77. The first kappa shape index (κ1) is 17.4. The van der Waals surface area contributed by atoms with Crippen molar-refractivity contribution < 1.29 is 0 Å². The topological polar surface area (TPSA) is 50.7 Å². The fraction of sp³-hybridized carbons (Fsp3) is 0.136. The van der Waals surface area contributed by atoms with E-state index in [0.717, 1.165) is 39.9 Å². The van der Waals surface area contributed by atoms with Crippen molar-refractivity contribution in [2.75, 3.05) is 5.32 Å². The van der Waals surface area contributed by atoms with Gasteiger partial charge in [-0.2, -0.15) is 0 Å². The van der Waals surface area contributed by atoms with Gasteiger partial charge in [-0.25, -0.2) is 15.0 Å². The number of benzene rings is 2. The van der Waals surface area contributed by atoms with E-state index in [4.69, 9.17) is 4.98 Å². The van der Waals surface area contributed by atoms with E-state index in [1.165, 1.54) is 11.1 Å². The smallest absolute Gasteiger partial charge is 0.129 e. The van der Waals surface area contributed by atoms with E-state index in [1.807, 2.05) is 13.0 Å². The number of hydrogen-bond acceptors (Lipinski definition) is 5. The van der Waals surface area contributed by atoms with Crippen LogP contribution in [-0.2, 0) is 6.54 Å². The molecule has 0 atom stereocenters. The van der Waals surface area contributed by atoms with Crippen LogP contribution in [0.1, 0.15) is 16.8 Å². The van der Waals surface area contributed by atoms with E-state index in [1.54, 1.807) is 17.7 Å². The predicted octanol–water partition coefficient (Wildman–Crippen LogP) is 5.50. The number of aryl methyl sites for hydroxylation is 2. The maximum absolute atomic E-state index is 4.80. The third-order valence-electron chi connectivity index (χ3n) is 4.33. The Morgan fingerprint density at radius 1 is 0.889 bits per heavy atom. The minimum absolute atomic E-state index is 0.725. The van der Waals surface area contributed by atoms with Crippen LogP contribution < -0.4 is 5.32 Å². The summed E-state index contributed by atoms with van der Waals surface area (Å²) in [7, 11) is 0. The summed E-state index contributed by atoms with van der Waals surface area (Å²) in [5.74, 6) is 0.842. The molecule has 2 aromatic heterocycles. The molecule has 27 heavy (non-hydrogen) atoms. The molecule has 0 unspecified atom stereocenters. The van der Waals surface area contributed by atoms with Crippen molar-refractivity contribution in [3.05, 3.63) is 83.1 Å². The molecule has 2 aromatic carbocycles. The van der Waals surface area contributed by atoms with Gasteiger partial charge in [-0.3, -0.25) is 0 Å². The standard InChI is InChI=1S/C22H20N4S/c1-15-3-7-18(8-4-15)20-13-27-22(26-20)19-9-5-17(6-10-19)12-23-21-11-16(2)24-14-25-21/h3-11,13-14H,12H2,1-2H3,(H,23,24,25). The lowest BCUT2D eigenvalue weighted by Gasteiger charge is -2.06. The largest absolute Gasteiger partial charge is 0.366 e. The Labute approximate surface area is 163 Å². The summed E-state index contributed by atoms with van der Waals surface area (Å²) in [6.07, 6.45) is 1.58. The summed E-state index contributed by atoms with van der Waals surface area (Å²) in [5, 5.41) is 6.48. The second-order valence-corrected chi connectivity index (χ2v) is 7.36. The van der Waals surface area contributed by atoms with Crippen LogP contribution in [0.4, 0.5) is 5.82 Å². The monoisotopic (exact) mass is 372 g/mol. The van der Waals surface area contributed by atoms with Crippen molar-refractivity contribution in [2.45, 2.75) is 20.4 Å². The van der Waals surface area contributed by atoms with Crippen LogP contribution in [0, 0.1) is 13.8 Å². The first-order valence-electron chi connectivity index (χ1n) is 8.82. The number of anilines is 1. The Balaban J connectivity index is 1.45. The highest BCUT2D eigenvalue weighted by atomic mass is 32.1. The summed E-state index contributed by atoms with van der Waals surface area (Å²) in [4.78, 5) is 13.1. The Morgan fingerprint density at radius 3 is 2.37 bits per heavy atom.